The lowest BCUT2D eigenvalue weighted by Gasteiger charge is -2.63. The predicted molar refractivity (Wildman–Crippen MR) is 183 cm³/mol. The average molecular weight is 717 g/mol. The Morgan fingerprint density at radius 3 is 2.40 bits per heavy atom. The number of esters is 1. The van der Waals surface area contributed by atoms with Gasteiger partial charge in [-0.1, -0.05) is 61.0 Å². The monoisotopic (exact) mass is 716 g/mol. The Kier molecular flexibility index (Phi) is 8.79. The number of rotatable bonds is 6. The molecule has 0 saturated heterocycles. The number of aliphatic hydroxyl groups excluding tert-OH is 1. The highest BCUT2D eigenvalue weighted by atomic mass is 35.5. The molecule has 0 bridgehead atoms. The Morgan fingerprint density at radius 1 is 1.10 bits per heavy atom. The number of hydrogen-bond donors (Lipinski definition) is 1. The highest BCUT2D eigenvalue weighted by Crippen LogP contribution is 2.72. The van der Waals surface area contributed by atoms with Crippen molar-refractivity contribution in [3.63, 3.8) is 0 Å². The molecule has 4 aliphatic rings. The quantitative estimate of drug-likeness (QED) is 0.240. The maximum Gasteiger partial charge on any atom is 0.349 e. The standard InChI is InChI=1S/C37H39ClF2O6S2/c1-18-11-19(2)31(20(3)12-18)27(42)17-47-33(45)37(46-32(44)28-7-8-30(38)48-28)21(4)13-23-24-15-26(39)25-14-22(41)9-10-34(25,5)36(24,40)29(43)16-35(23,37)6/h7-12,14,21,23-24,26,29,43H,13,15-17H2,1-6H3/t21-,23+,24+,26+,29+,34+,35+,36+,37+/m1/s1. The molecule has 0 amide bonds. The van der Waals surface area contributed by atoms with E-state index in [1.165, 1.54) is 25.1 Å². The van der Waals surface area contributed by atoms with Crippen molar-refractivity contribution in [3.05, 3.63) is 79.5 Å². The summed E-state index contributed by atoms with van der Waals surface area (Å²) in [5.74, 6) is -4.15. The number of fused-ring (bicyclic) bond motifs is 5. The molecule has 4 aliphatic carbocycles. The van der Waals surface area contributed by atoms with E-state index in [9.17, 15) is 24.3 Å². The molecular formula is C37H39ClF2O6S2. The van der Waals surface area contributed by atoms with E-state index in [0.29, 0.717) is 9.90 Å². The van der Waals surface area contributed by atoms with Crippen LogP contribution in [0, 0.1) is 49.4 Å². The van der Waals surface area contributed by atoms with Gasteiger partial charge >= 0.3 is 5.97 Å². The molecule has 0 spiro atoms. The van der Waals surface area contributed by atoms with E-state index in [1.54, 1.807) is 19.9 Å². The van der Waals surface area contributed by atoms with Crippen LogP contribution in [0.3, 0.4) is 0 Å². The van der Waals surface area contributed by atoms with E-state index in [-0.39, 0.29) is 41.2 Å². The second-order valence-electron chi connectivity index (χ2n) is 14.5. The van der Waals surface area contributed by atoms with Crippen molar-refractivity contribution >= 4 is 57.4 Å². The lowest BCUT2D eigenvalue weighted by molar-refractivity contribution is -0.221. The van der Waals surface area contributed by atoms with E-state index in [4.69, 9.17) is 16.3 Å². The largest absolute Gasteiger partial charge is 0.445 e. The summed E-state index contributed by atoms with van der Waals surface area (Å²) >= 11 is 7.86. The number of thioether (sulfide) groups is 1. The minimum atomic E-state index is -2.36. The van der Waals surface area contributed by atoms with Crippen molar-refractivity contribution in [3.8, 4) is 0 Å². The molecule has 256 valence electrons. The topological polar surface area (TPSA) is 97.7 Å². The summed E-state index contributed by atoms with van der Waals surface area (Å²) in [6.45, 7) is 10.6. The molecule has 0 unspecified atom stereocenters. The molecule has 9 atom stereocenters. The third-order valence-electron chi connectivity index (χ3n) is 11.8. The van der Waals surface area contributed by atoms with Crippen molar-refractivity contribution in [2.24, 2.45) is 28.6 Å². The summed E-state index contributed by atoms with van der Waals surface area (Å²) in [6.07, 6.45) is -0.0126. The molecule has 48 heavy (non-hydrogen) atoms. The van der Waals surface area contributed by atoms with Crippen molar-refractivity contribution in [2.75, 3.05) is 5.75 Å². The minimum Gasteiger partial charge on any atom is -0.445 e. The smallest absolute Gasteiger partial charge is 0.349 e. The van der Waals surface area contributed by atoms with Crippen molar-refractivity contribution in [2.45, 2.75) is 84.4 Å². The molecule has 3 saturated carbocycles. The zero-order chi connectivity index (χ0) is 35.1. The van der Waals surface area contributed by atoms with Crippen molar-refractivity contribution in [1.82, 2.24) is 0 Å². The number of aliphatic hydroxyl groups is 1. The summed E-state index contributed by atoms with van der Waals surface area (Å²) in [4.78, 5) is 54.4. The summed E-state index contributed by atoms with van der Waals surface area (Å²) in [5.41, 5.74) is -4.09. The molecular weight excluding hydrogens is 678 g/mol. The Morgan fingerprint density at radius 2 is 1.77 bits per heavy atom. The van der Waals surface area contributed by atoms with Crippen LogP contribution in [0.4, 0.5) is 8.78 Å². The fourth-order valence-electron chi connectivity index (χ4n) is 9.77. The second kappa shape index (κ2) is 12.0. The second-order valence-corrected chi connectivity index (χ2v) is 17.2. The van der Waals surface area contributed by atoms with Crippen LogP contribution in [-0.2, 0) is 14.3 Å². The van der Waals surface area contributed by atoms with E-state index in [2.05, 4.69) is 0 Å². The van der Waals surface area contributed by atoms with Gasteiger partial charge in [0.05, 0.1) is 16.2 Å². The number of carbonyl (C=O) groups is 4. The van der Waals surface area contributed by atoms with Gasteiger partial charge < -0.3 is 9.84 Å². The normalized spacial score (nSPS) is 36.9. The van der Waals surface area contributed by atoms with E-state index in [0.717, 1.165) is 45.9 Å². The van der Waals surface area contributed by atoms with Gasteiger partial charge in [-0.3, -0.25) is 14.4 Å². The fraction of sp³-hybridized carbons (Fsp3) is 0.514. The fourth-order valence-corrected chi connectivity index (χ4v) is 11.8. The van der Waals surface area contributed by atoms with Gasteiger partial charge in [-0.25, -0.2) is 13.6 Å². The third-order valence-corrected chi connectivity index (χ3v) is 14.0. The van der Waals surface area contributed by atoms with Gasteiger partial charge in [0.25, 0.3) is 0 Å². The highest BCUT2D eigenvalue weighted by Gasteiger charge is 2.78. The summed E-state index contributed by atoms with van der Waals surface area (Å²) in [6, 6.07) is 6.84. The molecule has 2 aromatic rings. The van der Waals surface area contributed by atoms with Crippen LogP contribution < -0.4 is 0 Å². The molecule has 6 rings (SSSR count). The van der Waals surface area contributed by atoms with Gasteiger partial charge in [-0.05, 0) is 93.9 Å². The van der Waals surface area contributed by atoms with E-state index >= 15 is 8.78 Å². The molecule has 1 heterocycles. The Labute approximate surface area is 292 Å². The van der Waals surface area contributed by atoms with Gasteiger partial charge in [-0.15, -0.1) is 11.3 Å². The predicted octanol–water partition coefficient (Wildman–Crippen LogP) is 7.93. The number of hydrogen-bond acceptors (Lipinski definition) is 8. The van der Waals surface area contributed by atoms with E-state index < -0.39 is 69.0 Å². The molecule has 1 aromatic carbocycles. The van der Waals surface area contributed by atoms with Crippen LogP contribution in [0.15, 0.2) is 48.1 Å². The Bertz CT molecular complexity index is 1780. The molecule has 6 nitrogen and oxygen atoms in total. The van der Waals surface area contributed by atoms with Crippen LogP contribution in [0.5, 0.6) is 0 Å². The van der Waals surface area contributed by atoms with Gasteiger partial charge in [0.15, 0.2) is 22.8 Å². The number of ether oxygens (including phenoxy) is 1. The Balaban J connectivity index is 1.41. The first kappa shape index (κ1) is 35.2. The number of ketones is 2. The van der Waals surface area contributed by atoms with Crippen LogP contribution >= 0.6 is 34.7 Å². The number of alkyl halides is 2. The first-order chi connectivity index (χ1) is 22.4. The summed E-state index contributed by atoms with van der Waals surface area (Å²) in [7, 11) is 0. The van der Waals surface area contributed by atoms with Gasteiger partial charge in [0.2, 0.25) is 5.12 Å². The first-order valence-corrected chi connectivity index (χ1v) is 18.3. The maximum atomic E-state index is 17.8. The number of aryl methyl sites for hydroxylation is 3. The van der Waals surface area contributed by atoms with Crippen LogP contribution in [-0.4, -0.2) is 57.1 Å². The molecule has 0 aliphatic heterocycles. The summed E-state index contributed by atoms with van der Waals surface area (Å²) in [5, 5.41) is 11.3. The lowest BCUT2D eigenvalue weighted by atomic mass is 9.44. The van der Waals surface area contributed by atoms with Crippen LogP contribution in [0.2, 0.25) is 4.34 Å². The SMILES string of the molecule is Cc1cc(C)c(C(=O)CSC(=O)[C@@]2(OC(=O)c3ccc(Cl)s3)[C@H](C)C[C@H]3[C@@H]4C[C@H](F)C5=CC(=O)C=C[C@]5(C)[C@@]4(F)[C@@H](O)C[C@@]32C)c(C)c1. The summed E-state index contributed by atoms with van der Waals surface area (Å²) < 4.78 is 40.5. The van der Waals surface area contributed by atoms with Gasteiger partial charge in [0.1, 0.15) is 11.0 Å². The van der Waals surface area contributed by atoms with Crippen molar-refractivity contribution < 1.29 is 37.8 Å². The molecule has 1 aromatic heterocycles. The van der Waals surface area contributed by atoms with Crippen LogP contribution in [0.1, 0.15) is 76.8 Å². The van der Waals surface area contributed by atoms with E-state index in [1.807, 2.05) is 32.9 Å². The molecule has 0 radical (unpaired) electrons. The van der Waals surface area contributed by atoms with Gasteiger partial charge in [-0.2, -0.15) is 0 Å². The van der Waals surface area contributed by atoms with Crippen molar-refractivity contribution in [1.29, 1.82) is 0 Å². The third kappa shape index (κ3) is 4.95. The molecule has 11 heteroatoms. The number of benzene rings is 1. The number of carbonyl (C=O) groups excluding carboxylic acids is 4. The average Bonchev–Trinajstić information content (AvgIpc) is 3.53. The zero-order valence-electron chi connectivity index (χ0n) is 27.7. The minimum absolute atomic E-state index is 0.00144. The highest BCUT2D eigenvalue weighted by molar-refractivity contribution is 8.14. The van der Waals surface area contributed by atoms with Gasteiger partial charge in [0, 0.05) is 28.2 Å². The number of allylic oxidation sites excluding steroid dienone is 4. The lowest BCUT2D eigenvalue weighted by Crippen LogP contribution is -2.70. The maximum absolute atomic E-state index is 17.8. The molecule has 1 N–H and O–H groups in total. The number of thiophene rings is 1. The number of Topliss-reactive ketones (excluding diaryl/α,β-unsaturated/α-hetero) is 1. The first-order valence-electron chi connectivity index (χ1n) is 16.1. The number of halogens is 3. The zero-order valence-corrected chi connectivity index (χ0v) is 30.1. The molecule has 3 fully saturated rings. The Hall–Kier alpha value is -2.66. The van der Waals surface area contributed by atoms with Crippen LogP contribution in [0.25, 0.3) is 0 Å².